The van der Waals surface area contributed by atoms with E-state index in [2.05, 4.69) is 15.3 Å². The van der Waals surface area contributed by atoms with Gasteiger partial charge in [-0.1, -0.05) is 29.8 Å². The van der Waals surface area contributed by atoms with E-state index in [1.54, 1.807) is 12.5 Å². The van der Waals surface area contributed by atoms with Gasteiger partial charge in [-0.25, -0.2) is 9.97 Å². The van der Waals surface area contributed by atoms with Gasteiger partial charge in [0.25, 0.3) is 5.56 Å². The van der Waals surface area contributed by atoms with E-state index in [1.807, 2.05) is 71.6 Å². The first-order valence-electron chi connectivity index (χ1n) is 10.5. The maximum Gasteiger partial charge on any atom is 0.262 e. The van der Waals surface area contributed by atoms with Crippen LogP contribution < -0.4 is 10.9 Å². The number of nitrogens with one attached hydrogen (secondary N) is 1. The summed E-state index contributed by atoms with van der Waals surface area (Å²) < 4.78 is 3.39. The lowest BCUT2D eigenvalue weighted by molar-refractivity contribution is -0.116. The standard InChI is InChI=1S/C25H21N5O2S/c1-17-2-4-18(5-3-17)21-14-33-24-23(21)25(32)30(16-27-24)12-10-22(31)28-19-6-8-20(9-7-19)29-13-11-26-15-29/h2-9,11,13-16H,10,12H2,1H3,(H,28,31). The maximum absolute atomic E-state index is 13.2. The average molecular weight is 456 g/mol. The van der Waals surface area contributed by atoms with Gasteiger partial charge in [0.2, 0.25) is 5.91 Å². The van der Waals surface area contributed by atoms with E-state index in [0.29, 0.717) is 15.9 Å². The summed E-state index contributed by atoms with van der Waals surface area (Å²) in [6.07, 6.45) is 6.97. The third-order valence-electron chi connectivity index (χ3n) is 5.46. The number of amides is 1. The second-order valence-corrected chi connectivity index (χ2v) is 8.61. The van der Waals surface area contributed by atoms with Gasteiger partial charge in [0.15, 0.2) is 0 Å². The summed E-state index contributed by atoms with van der Waals surface area (Å²) in [6, 6.07) is 15.6. The van der Waals surface area contributed by atoms with E-state index in [4.69, 9.17) is 0 Å². The number of aryl methyl sites for hydroxylation is 2. The average Bonchev–Trinajstić information content (AvgIpc) is 3.51. The van der Waals surface area contributed by atoms with Crippen molar-refractivity contribution in [2.75, 3.05) is 5.32 Å². The zero-order valence-electron chi connectivity index (χ0n) is 17.9. The van der Waals surface area contributed by atoms with Crippen molar-refractivity contribution in [2.45, 2.75) is 19.9 Å². The number of carbonyl (C=O) groups excluding carboxylic acids is 1. The summed E-state index contributed by atoms with van der Waals surface area (Å²) in [4.78, 5) is 34.8. The minimum atomic E-state index is -0.165. The second-order valence-electron chi connectivity index (χ2n) is 7.75. The van der Waals surface area contributed by atoms with E-state index >= 15 is 0 Å². The van der Waals surface area contributed by atoms with Crippen molar-refractivity contribution in [3.05, 3.63) is 94.9 Å². The molecule has 0 fully saturated rings. The van der Waals surface area contributed by atoms with Crippen molar-refractivity contribution in [3.8, 4) is 16.8 Å². The molecule has 8 heteroatoms. The van der Waals surface area contributed by atoms with Gasteiger partial charge in [-0.05, 0) is 36.8 Å². The van der Waals surface area contributed by atoms with E-state index in [1.165, 1.54) is 22.2 Å². The number of fused-ring (bicyclic) bond motifs is 1. The van der Waals surface area contributed by atoms with Crippen molar-refractivity contribution in [1.82, 2.24) is 19.1 Å². The van der Waals surface area contributed by atoms with Gasteiger partial charge in [0.05, 0.1) is 18.0 Å². The third-order valence-corrected chi connectivity index (χ3v) is 6.34. The number of rotatable bonds is 6. The molecule has 0 saturated heterocycles. The Morgan fingerprint density at radius 1 is 1.06 bits per heavy atom. The van der Waals surface area contributed by atoms with E-state index in [9.17, 15) is 9.59 Å². The molecule has 3 heterocycles. The summed E-state index contributed by atoms with van der Waals surface area (Å²) in [5, 5.41) is 5.45. The van der Waals surface area contributed by atoms with Crippen LogP contribution in [0, 0.1) is 6.92 Å². The lowest BCUT2D eigenvalue weighted by Gasteiger charge is -2.09. The fourth-order valence-electron chi connectivity index (χ4n) is 3.65. The first-order chi connectivity index (χ1) is 16.1. The van der Waals surface area contributed by atoms with E-state index in [0.717, 1.165) is 22.4 Å². The fourth-order valence-corrected chi connectivity index (χ4v) is 4.55. The van der Waals surface area contributed by atoms with E-state index < -0.39 is 0 Å². The fraction of sp³-hybridized carbons (Fsp3) is 0.120. The Kier molecular flexibility index (Phi) is 5.58. The SMILES string of the molecule is Cc1ccc(-c2csc3ncn(CCC(=O)Nc4ccc(-n5ccnc5)cc4)c(=O)c23)cc1. The number of benzene rings is 2. The summed E-state index contributed by atoms with van der Waals surface area (Å²) in [5.41, 5.74) is 4.55. The van der Waals surface area contributed by atoms with Gasteiger partial charge >= 0.3 is 0 Å². The summed E-state index contributed by atoms with van der Waals surface area (Å²) in [6.45, 7) is 2.28. The molecule has 3 aromatic heterocycles. The molecule has 1 amide bonds. The minimum Gasteiger partial charge on any atom is -0.326 e. The Morgan fingerprint density at radius 2 is 1.85 bits per heavy atom. The highest BCUT2D eigenvalue weighted by atomic mass is 32.1. The van der Waals surface area contributed by atoms with Crippen LogP contribution in [0.15, 0.2) is 83.8 Å². The Hall–Kier alpha value is -4.04. The normalized spacial score (nSPS) is 11.1. The first kappa shape index (κ1) is 20.8. The Balaban J connectivity index is 1.30. The van der Waals surface area contributed by atoms with Gasteiger partial charge in [0, 0.05) is 47.7 Å². The molecule has 7 nitrogen and oxygen atoms in total. The molecule has 2 aromatic carbocycles. The lowest BCUT2D eigenvalue weighted by Crippen LogP contribution is -2.23. The number of hydrogen-bond acceptors (Lipinski definition) is 5. The molecule has 0 bridgehead atoms. The quantitative estimate of drug-likeness (QED) is 0.404. The molecular weight excluding hydrogens is 434 g/mol. The van der Waals surface area contributed by atoms with Crippen molar-refractivity contribution < 1.29 is 4.79 Å². The lowest BCUT2D eigenvalue weighted by atomic mass is 10.1. The molecule has 0 saturated carbocycles. The molecule has 5 aromatic rings. The van der Waals surface area contributed by atoms with Crippen molar-refractivity contribution >= 4 is 33.1 Å². The molecule has 33 heavy (non-hydrogen) atoms. The predicted molar refractivity (Wildman–Crippen MR) is 131 cm³/mol. The number of nitrogens with zero attached hydrogens (tertiary/aromatic N) is 4. The van der Waals surface area contributed by atoms with Crippen LogP contribution in [0.3, 0.4) is 0 Å². The van der Waals surface area contributed by atoms with E-state index in [-0.39, 0.29) is 24.4 Å². The van der Waals surface area contributed by atoms with Gasteiger partial charge in [-0.3, -0.25) is 14.2 Å². The molecule has 0 radical (unpaired) electrons. The number of anilines is 1. The molecule has 0 aliphatic heterocycles. The van der Waals surface area contributed by atoms with Crippen LogP contribution in [0.4, 0.5) is 5.69 Å². The smallest absolute Gasteiger partial charge is 0.262 e. The zero-order valence-corrected chi connectivity index (χ0v) is 18.7. The van der Waals surface area contributed by atoms with Crippen LogP contribution in [0.25, 0.3) is 27.0 Å². The molecule has 0 atom stereocenters. The molecule has 0 aliphatic carbocycles. The summed E-state index contributed by atoms with van der Waals surface area (Å²) >= 11 is 1.45. The molecular formula is C25H21N5O2S. The number of carbonyl (C=O) groups is 1. The van der Waals surface area contributed by atoms with Crippen molar-refractivity contribution in [3.63, 3.8) is 0 Å². The van der Waals surface area contributed by atoms with Crippen molar-refractivity contribution in [2.24, 2.45) is 0 Å². The van der Waals surface area contributed by atoms with Crippen LogP contribution in [0.5, 0.6) is 0 Å². The van der Waals surface area contributed by atoms with Gasteiger partial charge in [-0.2, -0.15) is 0 Å². The molecule has 0 spiro atoms. The Bertz CT molecular complexity index is 1470. The monoisotopic (exact) mass is 455 g/mol. The third kappa shape index (κ3) is 4.33. The molecule has 0 aliphatic rings. The van der Waals surface area contributed by atoms with Crippen LogP contribution in [-0.4, -0.2) is 25.0 Å². The molecule has 1 N–H and O–H groups in total. The number of aromatic nitrogens is 4. The predicted octanol–water partition coefficient (Wildman–Crippen LogP) is 4.65. The van der Waals surface area contributed by atoms with Crippen LogP contribution in [0.1, 0.15) is 12.0 Å². The second kappa shape index (κ2) is 8.84. The van der Waals surface area contributed by atoms with Crippen LogP contribution in [-0.2, 0) is 11.3 Å². The maximum atomic E-state index is 13.2. The number of thiophene rings is 1. The van der Waals surface area contributed by atoms with Gasteiger partial charge in [-0.15, -0.1) is 11.3 Å². The highest BCUT2D eigenvalue weighted by Gasteiger charge is 2.14. The topological polar surface area (TPSA) is 81.8 Å². The van der Waals surface area contributed by atoms with Gasteiger partial charge < -0.3 is 9.88 Å². The highest BCUT2D eigenvalue weighted by molar-refractivity contribution is 7.17. The highest BCUT2D eigenvalue weighted by Crippen LogP contribution is 2.30. The number of hydrogen-bond donors (Lipinski definition) is 1. The first-order valence-corrected chi connectivity index (χ1v) is 11.4. The van der Waals surface area contributed by atoms with Crippen LogP contribution in [0.2, 0.25) is 0 Å². The largest absolute Gasteiger partial charge is 0.326 e. The molecule has 0 unspecified atom stereocenters. The van der Waals surface area contributed by atoms with Crippen LogP contribution >= 0.6 is 11.3 Å². The summed E-state index contributed by atoms with van der Waals surface area (Å²) in [5.74, 6) is -0.165. The minimum absolute atomic E-state index is 0.130. The summed E-state index contributed by atoms with van der Waals surface area (Å²) in [7, 11) is 0. The van der Waals surface area contributed by atoms with Gasteiger partial charge in [0.1, 0.15) is 4.83 Å². The Labute approximate surface area is 194 Å². The zero-order chi connectivity index (χ0) is 22.8. The molecule has 164 valence electrons. The molecule has 5 rings (SSSR count). The number of imidazole rings is 1. The van der Waals surface area contributed by atoms with Crippen molar-refractivity contribution in [1.29, 1.82) is 0 Å². The Morgan fingerprint density at radius 3 is 2.58 bits per heavy atom.